The van der Waals surface area contributed by atoms with Crippen LogP contribution >= 0.6 is 0 Å². The Labute approximate surface area is 105 Å². The number of benzene rings is 1. The Bertz CT molecular complexity index is 367. The normalized spacial score (nSPS) is 20.1. The Kier molecular flexibility index (Phi) is 3.85. The maximum atomic E-state index is 6.00. The zero-order chi connectivity index (χ0) is 12.3. The van der Waals surface area contributed by atoms with Crippen LogP contribution in [0.4, 0.5) is 0 Å². The van der Waals surface area contributed by atoms with Crippen molar-refractivity contribution in [1.29, 1.82) is 0 Å². The zero-order valence-corrected chi connectivity index (χ0v) is 11.3. The predicted octanol–water partition coefficient (Wildman–Crippen LogP) is 2.27. The van der Waals surface area contributed by atoms with Crippen LogP contribution in [0.5, 0.6) is 0 Å². The van der Waals surface area contributed by atoms with Crippen LogP contribution in [0, 0.1) is 0 Å². The van der Waals surface area contributed by atoms with Crippen molar-refractivity contribution in [1.82, 2.24) is 0 Å². The van der Waals surface area contributed by atoms with Gasteiger partial charge in [-0.3, -0.25) is 0 Å². The Morgan fingerprint density at radius 1 is 1.18 bits per heavy atom. The SMILES string of the molecule is C[N+](C)(C)CCOC1CCc2ccccc2C1. The number of aryl methyl sites for hydroxylation is 1. The molecule has 2 rings (SSSR count). The highest BCUT2D eigenvalue weighted by molar-refractivity contribution is 5.29. The average molecular weight is 234 g/mol. The first-order chi connectivity index (χ1) is 8.04. The van der Waals surface area contributed by atoms with Crippen LogP contribution in [-0.4, -0.2) is 44.9 Å². The molecule has 0 saturated carbocycles. The molecule has 94 valence electrons. The van der Waals surface area contributed by atoms with Gasteiger partial charge in [0.15, 0.2) is 0 Å². The van der Waals surface area contributed by atoms with Crippen LogP contribution < -0.4 is 0 Å². The highest BCUT2D eigenvalue weighted by atomic mass is 16.5. The summed E-state index contributed by atoms with van der Waals surface area (Å²) in [6.45, 7) is 1.95. The van der Waals surface area contributed by atoms with E-state index in [1.54, 1.807) is 0 Å². The van der Waals surface area contributed by atoms with Crippen molar-refractivity contribution >= 4 is 0 Å². The number of hydrogen-bond donors (Lipinski definition) is 0. The molecule has 0 N–H and O–H groups in total. The summed E-state index contributed by atoms with van der Waals surface area (Å²) in [7, 11) is 6.62. The summed E-state index contributed by atoms with van der Waals surface area (Å²) in [6, 6.07) is 8.76. The molecule has 2 nitrogen and oxygen atoms in total. The maximum absolute atomic E-state index is 6.00. The lowest BCUT2D eigenvalue weighted by Gasteiger charge is -2.28. The molecule has 0 amide bonds. The number of hydrogen-bond acceptors (Lipinski definition) is 1. The van der Waals surface area contributed by atoms with Gasteiger partial charge in [0.25, 0.3) is 0 Å². The van der Waals surface area contributed by atoms with Crippen molar-refractivity contribution in [2.75, 3.05) is 34.3 Å². The average Bonchev–Trinajstić information content (AvgIpc) is 2.27. The molecular weight excluding hydrogens is 210 g/mol. The van der Waals surface area contributed by atoms with Crippen molar-refractivity contribution in [3.63, 3.8) is 0 Å². The molecule has 2 heteroatoms. The number of ether oxygens (including phenoxy) is 1. The largest absolute Gasteiger partial charge is 0.372 e. The molecule has 17 heavy (non-hydrogen) atoms. The van der Waals surface area contributed by atoms with Crippen LogP contribution in [0.1, 0.15) is 17.5 Å². The molecule has 0 radical (unpaired) electrons. The second-order valence-electron chi connectivity index (χ2n) is 6.02. The summed E-state index contributed by atoms with van der Waals surface area (Å²) in [4.78, 5) is 0. The number of quaternary nitrogens is 1. The summed E-state index contributed by atoms with van der Waals surface area (Å²) >= 11 is 0. The topological polar surface area (TPSA) is 9.23 Å². The molecule has 1 aliphatic carbocycles. The van der Waals surface area contributed by atoms with E-state index >= 15 is 0 Å². The van der Waals surface area contributed by atoms with Gasteiger partial charge in [-0.15, -0.1) is 0 Å². The summed E-state index contributed by atoms with van der Waals surface area (Å²) in [5.41, 5.74) is 2.99. The summed E-state index contributed by atoms with van der Waals surface area (Å²) in [6.07, 6.45) is 3.86. The number of rotatable bonds is 4. The van der Waals surface area contributed by atoms with E-state index in [4.69, 9.17) is 4.74 Å². The number of likely N-dealkylation sites (N-methyl/N-ethyl adjacent to an activating group) is 1. The molecule has 1 unspecified atom stereocenters. The molecule has 0 aliphatic heterocycles. The summed E-state index contributed by atoms with van der Waals surface area (Å²) < 4.78 is 6.98. The second-order valence-corrected chi connectivity index (χ2v) is 6.02. The lowest BCUT2D eigenvalue weighted by molar-refractivity contribution is -0.870. The van der Waals surface area contributed by atoms with E-state index in [1.165, 1.54) is 24.0 Å². The van der Waals surface area contributed by atoms with Crippen LogP contribution in [0.3, 0.4) is 0 Å². The van der Waals surface area contributed by atoms with Crippen molar-refractivity contribution in [3.05, 3.63) is 35.4 Å². The first-order valence-electron chi connectivity index (χ1n) is 6.53. The molecular formula is C15H24NO+. The van der Waals surface area contributed by atoms with Crippen LogP contribution in [0.25, 0.3) is 0 Å². The highest BCUT2D eigenvalue weighted by Crippen LogP contribution is 2.22. The molecule has 1 aliphatic rings. The maximum Gasteiger partial charge on any atom is 0.102 e. The van der Waals surface area contributed by atoms with E-state index in [0.29, 0.717) is 6.10 Å². The van der Waals surface area contributed by atoms with E-state index in [0.717, 1.165) is 24.1 Å². The summed E-state index contributed by atoms with van der Waals surface area (Å²) in [5, 5.41) is 0. The van der Waals surface area contributed by atoms with E-state index in [2.05, 4.69) is 45.4 Å². The van der Waals surface area contributed by atoms with Crippen molar-refractivity contribution in [2.45, 2.75) is 25.4 Å². The molecule has 0 heterocycles. The molecule has 0 fully saturated rings. The van der Waals surface area contributed by atoms with Gasteiger partial charge in [-0.25, -0.2) is 0 Å². The van der Waals surface area contributed by atoms with E-state index in [9.17, 15) is 0 Å². The van der Waals surface area contributed by atoms with E-state index in [1.807, 2.05) is 0 Å². The fourth-order valence-electron chi connectivity index (χ4n) is 2.30. The van der Waals surface area contributed by atoms with Gasteiger partial charge in [0.05, 0.1) is 33.9 Å². The fraction of sp³-hybridized carbons (Fsp3) is 0.600. The molecule has 1 aromatic carbocycles. The Hall–Kier alpha value is -0.860. The third-order valence-electron chi connectivity index (χ3n) is 3.42. The van der Waals surface area contributed by atoms with Crippen molar-refractivity contribution in [2.24, 2.45) is 0 Å². The number of nitrogens with zero attached hydrogens (tertiary/aromatic N) is 1. The van der Waals surface area contributed by atoms with Gasteiger partial charge in [0.2, 0.25) is 0 Å². The van der Waals surface area contributed by atoms with Gasteiger partial charge in [-0.05, 0) is 30.4 Å². The van der Waals surface area contributed by atoms with Crippen LogP contribution in [0.2, 0.25) is 0 Å². The predicted molar refractivity (Wildman–Crippen MR) is 71.1 cm³/mol. The Balaban J connectivity index is 1.82. The lowest BCUT2D eigenvalue weighted by Crippen LogP contribution is -2.38. The molecule has 0 aromatic heterocycles. The lowest BCUT2D eigenvalue weighted by atomic mass is 9.90. The molecule has 1 aromatic rings. The first-order valence-corrected chi connectivity index (χ1v) is 6.53. The van der Waals surface area contributed by atoms with E-state index in [-0.39, 0.29) is 0 Å². The third kappa shape index (κ3) is 3.83. The third-order valence-corrected chi connectivity index (χ3v) is 3.42. The minimum absolute atomic E-state index is 0.427. The summed E-state index contributed by atoms with van der Waals surface area (Å²) in [5.74, 6) is 0. The van der Waals surface area contributed by atoms with Gasteiger partial charge in [0, 0.05) is 0 Å². The smallest absolute Gasteiger partial charge is 0.102 e. The van der Waals surface area contributed by atoms with Gasteiger partial charge in [0.1, 0.15) is 6.54 Å². The second kappa shape index (κ2) is 5.19. The van der Waals surface area contributed by atoms with Gasteiger partial charge in [-0.1, -0.05) is 24.3 Å². The first kappa shape index (κ1) is 12.6. The van der Waals surface area contributed by atoms with Gasteiger partial charge >= 0.3 is 0 Å². The zero-order valence-electron chi connectivity index (χ0n) is 11.3. The Morgan fingerprint density at radius 3 is 2.59 bits per heavy atom. The fourth-order valence-corrected chi connectivity index (χ4v) is 2.30. The minimum Gasteiger partial charge on any atom is -0.372 e. The minimum atomic E-state index is 0.427. The molecule has 1 atom stereocenters. The standard InChI is InChI=1S/C15H24NO/c1-16(2,3)10-11-17-15-9-8-13-6-4-5-7-14(13)12-15/h4-7,15H,8-12H2,1-3H3/q+1. The van der Waals surface area contributed by atoms with Crippen LogP contribution in [-0.2, 0) is 17.6 Å². The molecule has 0 spiro atoms. The van der Waals surface area contributed by atoms with Crippen molar-refractivity contribution in [3.8, 4) is 0 Å². The highest BCUT2D eigenvalue weighted by Gasteiger charge is 2.19. The van der Waals surface area contributed by atoms with Crippen LogP contribution in [0.15, 0.2) is 24.3 Å². The van der Waals surface area contributed by atoms with Gasteiger partial charge < -0.3 is 9.22 Å². The molecule has 0 bridgehead atoms. The van der Waals surface area contributed by atoms with Crippen molar-refractivity contribution < 1.29 is 9.22 Å². The monoisotopic (exact) mass is 234 g/mol. The number of fused-ring (bicyclic) bond motifs is 1. The molecule has 0 saturated heterocycles. The van der Waals surface area contributed by atoms with E-state index < -0.39 is 0 Å². The van der Waals surface area contributed by atoms with Gasteiger partial charge in [-0.2, -0.15) is 0 Å². The Morgan fingerprint density at radius 2 is 1.88 bits per heavy atom. The quantitative estimate of drug-likeness (QED) is 0.726.